The van der Waals surface area contributed by atoms with E-state index in [1.807, 2.05) is 7.05 Å². The molecule has 0 amide bonds. The molecular formula is C12H27IN4. The number of likely N-dealkylation sites (tertiary alicyclic amines) is 1. The van der Waals surface area contributed by atoms with Crippen molar-refractivity contribution in [1.29, 1.82) is 0 Å². The number of rotatable bonds is 3. The van der Waals surface area contributed by atoms with Gasteiger partial charge in [-0.05, 0) is 32.2 Å². The Kier molecular flexibility index (Phi) is 8.94. The first-order valence-electron chi connectivity index (χ1n) is 6.29. The number of halogens is 1. The van der Waals surface area contributed by atoms with Crippen LogP contribution in [0.2, 0.25) is 0 Å². The van der Waals surface area contributed by atoms with Crippen molar-refractivity contribution >= 4 is 29.9 Å². The minimum Gasteiger partial charge on any atom is -0.359 e. The van der Waals surface area contributed by atoms with Gasteiger partial charge in [-0.25, -0.2) is 0 Å². The fraction of sp³-hybridized carbons (Fsp3) is 0.917. The Morgan fingerprint density at radius 1 is 1.53 bits per heavy atom. The van der Waals surface area contributed by atoms with Crippen LogP contribution in [-0.4, -0.2) is 50.6 Å². The van der Waals surface area contributed by atoms with Crippen molar-refractivity contribution in [3.05, 3.63) is 0 Å². The Morgan fingerprint density at radius 3 is 2.76 bits per heavy atom. The lowest BCUT2D eigenvalue weighted by Gasteiger charge is -2.35. The number of hydrogen-bond donors (Lipinski definition) is 2. The molecule has 0 radical (unpaired) electrons. The molecule has 1 saturated heterocycles. The maximum atomic E-state index is 4.11. The van der Waals surface area contributed by atoms with Crippen LogP contribution in [0.5, 0.6) is 0 Å². The van der Waals surface area contributed by atoms with Gasteiger partial charge in [0.15, 0.2) is 5.96 Å². The molecule has 5 heteroatoms. The van der Waals surface area contributed by atoms with E-state index in [-0.39, 0.29) is 24.0 Å². The molecule has 1 aliphatic heterocycles. The first-order valence-corrected chi connectivity index (χ1v) is 6.29. The minimum atomic E-state index is 0. The molecule has 102 valence electrons. The molecule has 1 rings (SSSR count). The van der Waals surface area contributed by atoms with Crippen molar-refractivity contribution in [1.82, 2.24) is 15.5 Å². The first-order chi connectivity index (χ1) is 7.67. The summed E-state index contributed by atoms with van der Waals surface area (Å²) in [6.07, 6.45) is 2.72. The molecule has 4 nitrogen and oxygen atoms in total. The molecule has 1 fully saturated rings. The lowest BCUT2D eigenvalue weighted by atomic mass is 9.99. The van der Waals surface area contributed by atoms with Crippen molar-refractivity contribution in [2.45, 2.75) is 32.7 Å². The number of aliphatic imine (C=N–C) groups is 1. The minimum absolute atomic E-state index is 0. The molecule has 2 N–H and O–H groups in total. The Hall–Kier alpha value is -0.0400. The Morgan fingerprint density at radius 2 is 2.24 bits per heavy atom. The maximum absolute atomic E-state index is 4.11. The zero-order chi connectivity index (χ0) is 12.0. The van der Waals surface area contributed by atoms with Gasteiger partial charge in [-0.3, -0.25) is 9.89 Å². The third-order valence-corrected chi connectivity index (χ3v) is 3.34. The van der Waals surface area contributed by atoms with Crippen molar-refractivity contribution in [3.63, 3.8) is 0 Å². The summed E-state index contributed by atoms with van der Waals surface area (Å²) in [5, 5.41) is 6.37. The number of nitrogens with one attached hydrogen (secondary N) is 2. The largest absolute Gasteiger partial charge is 0.359 e. The van der Waals surface area contributed by atoms with E-state index in [9.17, 15) is 0 Å². The number of nitrogens with zero attached hydrogens (tertiary/aromatic N) is 2. The van der Waals surface area contributed by atoms with Crippen molar-refractivity contribution in [3.8, 4) is 0 Å². The average Bonchev–Trinajstić information content (AvgIpc) is 2.30. The van der Waals surface area contributed by atoms with Gasteiger partial charge in [0.1, 0.15) is 0 Å². The van der Waals surface area contributed by atoms with Crippen LogP contribution >= 0.6 is 24.0 Å². The summed E-state index contributed by atoms with van der Waals surface area (Å²) in [6.45, 7) is 8.07. The van der Waals surface area contributed by atoms with Crippen LogP contribution in [0.4, 0.5) is 0 Å². The van der Waals surface area contributed by atoms with Gasteiger partial charge < -0.3 is 10.6 Å². The lowest BCUT2D eigenvalue weighted by molar-refractivity contribution is 0.139. The molecule has 0 aliphatic carbocycles. The third kappa shape index (κ3) is 5.90. The molecule has 0 bridgehead atoms. The van der Waals surface area contributed by atoms with E-state index in [1.54, 1.807) is 7.05 Å². The summed E-state index contributed by atoms with van der Waals surface area (Å²) in [5.41, 5.74) is 0. The van der Waals surface area contributed by atoms with Crippen LogP contribution in [0.15, 0.2) is 4.99 Å². The van der Waals surface area contributed by atoms with Gasteiger partial charge in [0.25, 0.3) is 0 Å². The van der Waals surface area contributed by atoms with E-state index >= 15 is 0 Å². The topological polar surface area (TPSA) is 39.7 Å². The zero-order valence-corrected chi connectivity index (χ0v) is 13.8. The van der Waals surface area contributed by atoms with E-state index in [0.717, 1.165) is 18.4 Å². The molecule has 0 spiro atoms. The normalized spacial score (nSPS) is 23.8. The number of guanidine groups is 1. The van der Waals surface area contributed by atoms with Gasteiger partial charge in [-0.2, -0.15) is 0 Å². The van der Waals surface area contributed by atoms with Crippen molar-refractivity contribution in [2.75, 3.05) is 33.7 Å². The van der Waals surface area contributed by atoms with Gasteiger partial charge in [-0.15, -0.1) is 24.0 Å². The summed E-state index contributed by atoms with van der Waals surface area (Å²) < 4.78 is 0. The highest BCUT2D eigenvalue weighted by Gasteiger charge is 2.20. The number of hydrogen-bond acceptors (Lipinski definition) is 2. The number of piperidine rings is 1. The molecule has 0 aromatic carbocycles. The van der Waals surface area contributed by atoms with E-state index in [0.29, 0.717) is 6.04 Å². The van der Waals surface area contributed by atoms with Gasteiger partial charge in [0.2, 0.25) is 0 Å². The molecule has 1 heterocycles. The quantitative estimate of drug-likeness (QED) is 0.459. The lowest BCUT2D eigenvalue weighted by Crippen LogP contribution is -2.48. The smallest absolute Gasteiger partial charge is 0.190 e. The molecular weight excluding hydrogens is 327 g/mol. The fourth-order valence-electron chi connectivity index (χ4n) is 2.28. The predicted octanol–water partition coefficient (Wildman–Crippen LogP) is 1.52. The molecule has 0 aromatic heterocycles. The molecule has 2 unspecified atom stereocenters. The maximum Gasteiger partial charge on any atom is 0.190 e. The Bertz CT molecular complexity index is 233. The van der Waals surface area contributed by atoms with Crippen LogP contribution in [0.3, 0.4) is 0 Å². The average molecular weight is 354 g/mol. The Labute approximate surface area is 123 Å². The van der Waals surface area contributed by atoms with E-state index < -0.39 is 0 Å². The Balaban J connectivity index is 0.00000256. The van der Waals surface area contributed by atoms with Crippen LogP contribution in [0.1, 0.15) is 26.7 Å². The van der Waals surface area contributed by atoms with Crippen LogP contribution in [0.25, 0.3) is 0 Å². The van der Waals surface area contributed by atoms with E-state index in [1.165, 1.54) is 25.9 Å². The monoisotopic (exact) mass is 354 g/mol. The summed E-state index contributed by atoms with van der Waals surface area (Å²) >= 11 is 0. The summed E-state index contributed by atoms with van der Waals surface area (Å²) in [7, 11) is 3.69. The van der Waals surface area contributed by atoms with E-state index in [2.05, 4.69) is 34.4 Å². The second kappa shape index (κ2) is 8.97. The third-order valence-electron chi connectivity index (χ3n) is 3.34. The standard InChI is InChI=1S/C12H26N4.HI/c1-10-6-5-7-16(9-10)11(2)8-15-12(13-3)14-4;/h10-11H,5-9H2,1-4H3,(H2,13,14,15);1H. The summed E-state index contributed by atoms with van der Waals surface area (Å²) in [4.78, 5) is 6.69. The van der Waals surface area contributed by atoms with Crippen LogP contribution < -0.4 is 10.6 Å². The SMILES string of the molecule is CN=C(NC)NCC(C)N1CCCC(C)C1.I. The molecule has 2 atom stereocenters. The highest BCUT2D eigenvalue weighted by atomic mass is 127. The molecule has 1 aliphatic rings. The summed E-state index contributed by atoms with van der Waals surface area (Å²) in [6, 6.07) is 0.577. The first kappa shape index (κ1) is 17.0. The van der Waals surface area contributed by atoms with Gasteiger partial charge in [0, 0.05) is 33.2 Å². The van der Waals surface area contributed by atoms with Gasteiger partial charge >= 0.3 is 0 Å². The van der Waals surface area contributed by atoms with Gasteiger partial charge in [0.05, 0.1) is 0 Å². The summed E-state index contributed by atoms with van der Waals surface area (Å²) in [5.74, 6) is 1.72. The molecule has 0 aromatic rings. The van der Waals surface area contributed by atoms with E-state index in [4.69, 9.17) is 0 Å². The van der Waals surface area contributed by atoms with Gasteiger partial charge in [-0.1, -0.05) is 6.92 Å². The second-order valence-electron chi connectivity index (χ2n) is 4.79. The molecule has 0 saturated carbocycles. The highest BCUT2D eigenvalue weighted by molar-refractivity contribution is 14.0. The second-order valence-corrected chi connectivity index (χ2v) is 4.79. The fourth-order valence-corrected chi connectivity index (χ4v) is 2.28. The van der Waals surface area contributed by atoms with Crippen LogP contribution in [-0.2, 0) is 0 Å². The van der Waals surface area contributed by atoms with Crippen molar-refractivity contribution < 1.29 is 0 Å². The highest BCUT2D eigenvalue weighted by Crippen LogP contribution is 2.17. The zero-order valence-electron chi connectivity index (χ0n) is 11.5. The predicted molar refractivity (Wildman–Crippen MR) is 85.3 cm³/mol. The van der Waals surface area contributed by atoms with Crippen molar-refractivity contribution in [2.24, 2.45) is 10.9 Å². The molecule has 17 heavy (non-hydrogen) atoms. The van der Waals surface area contributed by atoms with Crippen LogP contribution in [0, 0.1) is 5.92 Å².